The Kier molecular flexibility index (Phi) is 3.02. The highest BCUT2D eigenvalue weighted by Crippen LogP contribution is 2.29. The van der Waals surface area contributed by atoms with Gasteiger partial charge in [0, 0.05) is 27.9 Å². The summed E-state index contributed by atoms with van der Waals surface area (Å²) in [6.45, 7) is 0. The van der Waals surface area contributed by atoms with Crippen LogP contribution in [0.25, 0.3) is 27.2 Å². The molecule has 3 aromatic heterocycles. The minimum atomic E-state index is -0.527. The second-order valence-corrected chi connectivity index (χ2v) is 6.35. The molecule has 0 aliphatic heterocycles. The van der Waals surface area contributed by atoms with E-state index in [0.717, 1.165) is 27.2 Å². The number of aromatic nitrogens is 3. The summed E-state index contributed by atoms with van der Waals surface area (Å²) in [5, 5.41) is 11.9. The van der Waals surface area contributed by atoms with Crippen molar-refractivity contribution in [3.8, 4) is 16.3 Å². The fourth-order valence-electron chi connectivity index (χ4n) is 2.37. The highest BCUT2D eigenvalue weighted by Gasteiger charge is 2.17. The van der Waals surface area contributed by atoms with E-state index in [9.17, 15) is 4.79 Å². The summed E-state index contributed by atoms with van der Waals surface area (Å²) in [5.41, 5.74) is 8.50. The molecule has 0 saturated carbocycles. The second kappa shape index (κ2) is 5.04. The van der Waals surface area contributed by atoms with E-state index in [4.69, 9.17) is 5.73 Å². The first-order chi connectivity index (χ1) is 10.7. The van der Waals surface area contributed by atoms with Crippen LogP contribution < -0.4 is 5.73 Å². The van der Waals surface area contributed by atoms with Gasteiger partial charge >= 0.3 is 0 Å². The number of nitrogens with zero attached hydrogens (tertiary/aromatic N) is 3. The van der Waals surface area contributed by atoms with E-state index < -0.39 is 5.91 Å². The fraction of sp³-hybridized carbons (Fsp3) is 0. The topological polar surface area (TPSA) is 73.8 Å². The minimum absolute atomic E-state index is 0.284. The number of amides is 1. The van der Waals surface area contributed by atoms with Crippen LogP contribution in [0.4, 0.5) is 0 Å². The molecule has 108 valence electrons. The fourth-order valence-corrected chi connectivity index (χ4v) is 3.62. The van der Waals surface area contributed by atoms with Crippen molar-refractivity contribution in [2.45, 2.75) is 0 Å². The summed E-state index contributed by atoms with van der Waals surface area (Å²) >= 11 is 3.15. The number of hydrogen-bond donors (Lipinski definition) is 1. The van der Waals surface area contributed by atoms with Crippen LogP contribution >= 0.6 is 22.7 Å². The lowest BCUT2D eigenvalue weighted by atomic mass is 10.1. The lowest BCUT2D eigenvalue weighted by molar-refractivity contribution is 0.0996. The Bertz CT molecular complexity index is 955. The molecule has 0 atom stereocenters. The van der Waals surface area contributed by atoms with E-state index in [2.05, 4.69) is 10.1 Å². The minimum Gasteiger partial charge on any atom is -0.364 e. The van der Waals surface area contributed by atoms with Gasteiger partial charge in [-0.2, -0.15) is 16.4 Å². The van der Waals surface area contributed by atoms with Crippen molar-refractivity contribution in [2.24, 2.45) is 5.73 Å². The number of carbonyl (C=O) groups is 1. The predicted octanol–water partition coefficient (Wildman–Crippen LogP) is 3.31. The number of primary amides is 1. The molecule has 7 heteroatoms. The average Bonchev–Trinajstić information content (AvgIpc) is 3.26. The summed E-state index contributed by atoms with van der Waals surface area (Å²) in [6, 6.07) is 7.76. The SMILES string of the molecule is NC(=O)c1nn(-c2ccsc2)c2cc(-c3nccs3)ccc12. The third kappa shape index (κ3) is 2.02. The monoisotopic (exact) mass is 326 g/mol. The van der Waals surface area contributed by atoms with Gasteiger partial charge in [0.25, 0.3) is 5.91 Å². The van der Waals surface area contributed by atoms with E-state index >= 15 is 0 Å². The number of benzene rings is 1. The summed E-state index contributed by atoms with van der Waals surface area (Å²) in [7, 11) is 0. The highest BCUT2D eigenvalue weighted by atomic mass is 32.1. The number of fused-ring (bicyclic) bond motifs is 1. The highest BCUT2D eigenvalue weighted by molar-refractivity contribution is 7.13. The maximum absolute atomic E-state index is 11.7. The Morgan fingerprint density at radius 3 is 2.82 bits per heavy atom. The van der Waals surface area contributed by atoms with Crippen LogP contribution in [0, 0.1) is 0 Å². The zero-order chi connectivity index (χ0) is 15.1. The molecule has 1 aromatic carbocycles. The molecule has 0 radical (unpaired) electrons. The lowest BCUT2D eigenvalue weighted by Gasteiger charge is -2.01. The molecule has 0 aliphatic carbocycles. The Hall–Kier alpha value is -2.51. The molecule has 1 amide bonds. The third-order valence-corrected chi connectivity index (χ3v) is 4.84. The number of nitrogens with two attached hydrogens (primary N) is 1. The van der Waals surface area contributed by atoms with E-state index in [1.54, 1.807) is 33.6 Å². The Labute approximate surface area is 133 Å². The van der Waals surface area contributed by atoms with E-state index in [1.807, 2.05) is 40.4 Å². The van der Waals surface area contributed by atoms with Gasteiger partial charge in [-0.15, -0.1) is 11.3 Å². The van der Waals surface area contributed by atoms with Crippen molar-refractivity contribution in [1.82, 2.24) is 14.8 Å². The molecule has 2 N–H and O–H groups in total. The summed E-state index contributed by atoms with van der Waals surface area (Å²) in [4.78, 5) is 16.0. The molecule has 0 bridgehead atoms. The summed E-state index contributed by atoms with van der Waals surface area (Å²) in [6.07, 6.45) is 1.77. The van der Waals surface area contributed by atoms with E-state index in [-0.39, 0.29) is 5.69 Å². The molecule has 5 nitrogen and oxygen atoms in total. The molecular weight excluding hydrogens is 316 g/mol. The van der Waals surface area contributed by atoms with Crippen molar-refractivity contribution < 1.29 is 4.79 Å². The van der Waals surface area contributed by atoms with Gasteiger partial charge in [0.2, 0.25) is 0 Å². The van der Waals surface area contributed by atoms with E-state index in [1.165, 1.54) is 0 Å². The predicted molar refractivity (Wildman–Crippen MR) is 88.6 cm³/mol. The van der Waals surface area contributed by atoms with Gasteiger partial charge in [0.15, 0.2) is 5.69 Å². The number of hydrogen-bond acceptors (Lipinski definition) is 5. The smallest absolute Gasteiger partial charge is 0.269 e. The van der Waals surface area contributed by atoms with Crippen LogP contribution in [0.15, 0.2) is 46.6 Å². The van der Waals surface area contributed by atoms with Crippen molar-refractivity contribution >= 4 is 39.5 Å². The molecule has 0 unspecified atom stereocenters. The Morgan fingerprint density at radius 1 is 1.23 bits per heavy atom. The van der Waals surface area contributed by atoms with Crippen molar-refractivity contribution in [1.29, 1.82) is 0 Å². The maximum Gasteiger partial charge on any atom is 0.269 e. The molecule has 0 aliphatic rings. The third-order valence-electron chi connectivity index (χ3n) is 3.34. The molecule has 0 fully saturated rings. The molecule has 4 rings (SSSR count). The molecular formula is C15H10N4OS2. The average molecular weight is 326 g/mol. The normalized spacial score (nSPS) is 11.1. The van der Waals surface area contributed by atoms with Crippen LogP contribution in [0.3, 0.4) is 0 Å². The van der Waals surface area contributed by atoms with Crippen LogP contribution in [-0.4, -0.2) is 20.7 Å². The van der Waals surface area contributed by atoms with Gasteiger partial charge in [0.05, 0.1) is 11.2 Å². The number of rotatable bonds is 3. The zero-order valence-electron chi connectivity index (χ0n) is 11.3. The van der Waals surface area contributed by atoms with E-state index in [0.29, 0.717) is 0 Å². The van der Waals surface area contributed by atoms with Gasteiger partial charge in [-0.3, -0.25) is 4.79 Å². The van der Waals surface area contributed by atoms with Gasteiger partial charge in [-0.25, -0.2) is 9.67 Å². The molecule has 4 aromatic rings. The van der Waals surface area contributed by atoms with Crippen LogP contribution in [-0.2, 0) is 0 Å². The molecule has 0 spiro atoms. The molecule has 0 saturated heterocycles. The standard InChI is InChI=1S/C15H10N4OS2/c16-14(20)13-11-2-1-9(15-17-4-6-22-15)7-12(11)19(18-13)10-3-5-21-8-10/h1-8H,(H2,16,20). The van der Waals surface area contributed by atoms with Gasteiger partial charge in [-0.05, 0) is 23.6 Å². The van der Waals surface area contributed by atoms with Crippen LogP contribution in [0.5, 0.6) is 0 Å². The van der Waals surface area contributed by atoms with Gasteiger partial charge in [-0.1, -0.05) is 6.07 Å². The number of thiazole rings is 1. The molecule has 22 heavy (non-hydrogen) atoms. The maximum atomic E-state index is 11.7. The lowest BCUT2D eigenvalue weighted by Crippen LogP contribution is -2.12. The Balaban J connectivity index is 2.01. The largest absolute Gasteiger partial charge is 0.364 e. The Morgan fingerprint density at radius 2 is 2.14 bits per heavy atom. The van der Waals surface area contributed by atoms with Gasteiger partial charge in [0.1, 0.15) is 5.01 Å². The van der Waals surface area contributed by atoms with Crippen molar-refractivity contribution in [3.63, 3.8) is 0 Å². The quantitative estimate of drug-likeness (QED) is 0.627. The number of carbonyl (C=O) groups excluding carboxylic acids is 1. The first-order valence-electron chi connectivity index (χ1n) is 6.49. The van der Waals surface area contributed by atoms with Crippen molar-refractivity contribution in [3.05, 3.63) is 52.3 Å². The van der Waals surface area contributed by atoms with Crippen LogP contribution in [0.2, 0.25) is 0 Å². The summed E-state index contributed by atoms with van der Waals surface area (Å²) < 4.78 is 1.75. The first-order valence-corrected chi connectivity index (χ1v) is 8.31. The summed E-state index contributed by atoms with van der Waals surface area (Å²) in [5.74, 6) is -0.527. The van der Waals surface area contributed by atoms with Crippen LogP contribution in [0.1, 0.15) is 10.5 Å². The second-order valence-electron chi connectivity index (χ2n) is 4.68. The van der Waals surface area contributed by atoms with Gasteiger partial charge < -0.3 is 5.73 Å². The first kappa shape index (κ1) is 13.2. The molecule has 3 heterocycles. The number of thiophene rings is 1. The zero-order valence-corrected chi connectivity index (χ0v) is 12.9. The van der Waals surface area contributed by atoms with Crippen molar-refractivity contribution in [2.75, 3.05) is 0 Å².